The van der Waals surface area contributed by atoms with Crippen molar-refractivity contribution in [1.29, 1.82) is 0 Å². The van der Waals surface area contributed by atoms with Crippen molar-refractivity contribution in [3.63, 3.8) is 0 Å². The average Bonchev–Trinajstić information content (AvgIpc) is 2.78. The summed E-state index contributed by atoms with van der Waals surface area (Å²) in [6.07, 6.45) is 0.773. The van der Waals surface area contributed by atoms with E-state index >= 15 is 0 Å². The van der Waals surface area contributed by atoms with Gasteiger partial charge in [0, 0.05) is 6.54 Å². The first-order valence-corrected chi connectivity index (χ1v) is 6.87. The minimum Gasteiger partial charge on any atom is -0.480 e. The number of halogens is 1. The quantitative estimate of drug-likeness (QED) is 0.893. The summed E-state index contributed by atoms with van der Waals surface area (Å²) in [4.78, 5) is 10.8. The number of nitrogens with zero attached hydrogens (tertiary/aromatic N) is 1. The normalized spacial score (nSPS) is 21.1. The lowest BCUT2D eigenvalue weighted by Crippen LogP contribution is -2.40. The SMILES string of the molecule is O=C(O)[C@@H]1CCCN1S(=O)(=O)c1cccc(F)c1. The summed E-state index contributed by atoms with van der Waals surface area (Å²) >= 11 is 0. The summed E-state index contributed by atoms with van der Waals surface area (Å²) in [6.45, 7) is 0.149. The van der Waals surface area contributed by atoms with Crippen molar-refractivity contribution in [2.24, 2.45) is 0 Å². The highest BCUT2D eigenvalue weighted by Crippen LogP contribution is 2.26. The molecule has 1 atom stereocenters. The van der Waals surface area contributed by atoms with Gasteiger partial charge in [-0.1, -0.05) is 6.07 Å². The molecule has 18 heavy (non-hydrogen) atoms. The molecule has 0 aromatic heterocycles. The molecule has 98 valence electrons. The lowest BCUT2D eigenvalue weighted by molar-refractivity contribution is -0.140. The third-order valence-electron chi connectivity index (χ3n) is 2.89. The Kier molecular flexibility index (Phi) is 3.36. The van der Waals surface area contributed by atoms with Crippen LogP contribution in [0.1, 0.15) is 12.8 Å². The van der Waals surface area contributed by atoms with Crippen LogP contribution in [0, 0.1) is 5.82 Å². The molecule has 0 radical (unpaired) electrons. The van der Waals surface area contributed by atoms with E-state index in [4.69, 9.17) is 5.11 Å². The second-order valence-corrected chi connectivity index (χ2v) is 5.96. The van der Waals surface area contributed by atoms with Crippen LogP contribution in [-0.2, 0) is 14.8 Å². The summed E-state index contributed by atoms with van der Waals surface area (Å²) in [5, 5.41) is 8.97. The van der Waals surface area contributed by atoms with Crippen molar-refractivity contribution < 1.29 is 22.7 Å². The number of hydrogen-bond donors (Lipinski definition) is 1. The van der Waals surface area contributed by atoms with E-state index in [0.717, 1.165) is 16.4 Å². The first kappa shape index (κ1) is 13.0. The van der Waals surface area contributed by atoms with Gasteiger partial charge >= 0.3 is 5.97 Å². The molecule has 0 amide bonds. The predicted molar refractivity (Wildman–Crippen MR) is 60.9 cm³/mol. The Labute approximate surface area is 104 Å². The van der Waals surface area contributed by atoms with Crippen LogP contribution in [0.5, 0.6) is 0 Å². The molecule has 0 unspecified atom stereocenters. The minimum absolute atomic E-state index is 0.149. The number of benzene rings is 1. The summed E-state index contributed by atoms with van der Waals surface area (Å²) in [5.41, 5.74) is 0. The van der Waals surface area contributed by atoms with E-state index in [-0.39, 0.29) is 17.9 Å². The van der Waals surface area contributed by atoms with Crippen LogP contribution in [0.4, 0.5) is 4.39 Å². The molecule has 1 aromatic rings. The fourth-order valence-electron chi connectivity index (χ4n) is 2.04. The number of carboxylic acids is 1. The zero-order valence-corrected chi connectivity index (χ0v) is 10.2. The van der Waals surface area contributed by atoms with Gasteiger partial charge in [0.1, 0.15) is 11.9 Å². The topological polar surface area (TPSA) is 74.7 Å². The van der Waals surface area contributed by atoms with E-state index in [0.29, 0.717) is 6.42 Å². The second kappa shape index (κ2) is 4.66. The van der Waals surface area contributed by atoms with Gasteiger partial charge in [0.05, 0.1) is 4.90 Å². The molecule has 0 bridgehead atoms. The third-order valence-corrected chi connectivity index (χ3v) is 4.80. The summed E-state index contributed by atoms with van der Waals surface area (Å²) in [5.74, 6) is -1.84. The van der Waals surface area contributed by atoms with Gasteiger partial charge in [-0.2, -0.15) is 4.31 Å². The average molecular weight is 273 g/mol. The standard InChI is InChI=1S/C11H12FNO4S/c12-8-3-1-4-9(7-8)18(16,17)13-6-2-5-10(13)11(14)15/h1,3-4,7,10H,2,5-6H2,(H,14,15)/t10-/m0/s1. The Morgan fingerprint density at radius 3 is 2.78 bits per heavy atom. The molecule has 1 aromatic carbocycles. The van der Waals surface area contributed by atoms with Gasteiger partial charge in [0.15, 0.2) is 0 Å². The number of sulfonamides is 1. The van der Waals surface area contributed by atoms with E-state index in [9.17, 15) is 17.6 Å². The number of hydrogen-bond acceptors (Lipinski definition) is 3. The Bertz CT molecular complexity index is 572. The Morgan fingerprint density at radius 2 is 2.17 bits per heavy atom. The van der Waals surface area contributed by atoms with Crippen LogP contribution >= 0.6 is 0 Å². The highest BCUT2D eigenvalue weighted by Gasteiger charge is 2.39. The molecule has 0 saturated carbocycles. The van der Waals surface area contributed by atoms with Crippen LogP contribution in [0.15, 0.2) is 29.2 Å². The molecule has 1 heterocycles. The highest BCUT2D eigenvalue weighted by molar-refractivity contribution is 7.89. The molecule has 1 N–H and O–H groups in total. The Hall–Kier alpha value is -1.47. The second-order valence-electron chi connectivity index (χ2n) is 4.07. The van der Waals surface area contributed by atoms with E-state index in [1.807, 2.05) is 0 Å². The zero-order valence-electron chi connectivity index (χ0n) is 9.41. The first-order valence-electron chi connectivity index (χ1n) is 5.43. The molecule has 7 heteroatoms. The van der Waals surface area contributed by atoms with Gasteiger partial charge in [-0.3, -0.25) is 4.79 Å². The van der Waals surface area contributed by atoms with Gasteiger partial charge in [-0.05, 0) is 31.0 Å². The summed E-state index contributed by atoms with van der Waals surface area (Å²) in [6, 6.07) is 3.52. The van der Waals surface area contributed by atoms with Crippen LogP contribution in [0.25, 0.3) is 0 Å². The van der Waals surface area contributed by atoms with E-state index in [1.165, 1.54) is 12.1 Å². The molecular weight excluding hydrogens is 261 g/mol. The van der Waals surface area contributed by atoms with Gasteiger partial charge in [0.2, 0.25) is 10.0 Å². The number of rotatable bonds is 3. The van der Waals surface area contributed by atoms with Gasteiger partial charge in [0.25, 0.3) is 0 Å². The smallest absolute Gasteiger partial charge is 0.322 e. The van der Waals surface area contributed by atoms with E-state index < -0.39 is 27.9 Å². The molecular formula is C11H12FNO4S. The van der Waals surface area contributed by atoms with E-state index in [2.05, 4.69) is 0 Å². The van der Waals surface area contributed by atoms with Crippen molar-refractivity contribution in [2.75, 3.05) is 6.54 Å². The van der Waals surface area contributed by atoms with Crippen molar-refractivity contribution in [2.45, 2.75) is 23.8 Å². The van der Waals surface area contributed by atoms with Crippen LogP contribution in [-0.4, -0.2) is 36.4 Å². The monoisotopic (exact) mass is 273 g/mol. The fourth-order valence-corrected chi connectivity index (χ4v) is 3.72. The van der Waals surface area contributed by atoms with Crippen molar-refractivity contribution in [1.82, 2.24) is 4.31 Å². The number of carbonyl (C=O) groups is 1. The highest BCUT2D eigenvalue weighted by atomic mass is 32.2. The maximum atomic E-state index is 13.0. The Morgan fingerprint density at radius 1 is 1.44 bits per heavy atom. The predicted octanol–water partition coefficient (Wildman–Crippen LogP) is 1.06. The van der Waals surface area contributed by atoms with Crippen molar-refractivity contribution in [3.8, 4) is 0 Å². The molecule has 0 spiro atoms. The molecule has 1 saturated heterocycles. The van der Waals surface area contributed by atoms with Crippen LogP contribution in [0.2, 0.25) is 0 Å². The maximum absolute atomic E-state index is 13.0. The largest absolute Gasteiger partial charge is 0.480 e. The van der Waals surface area contributed by atoms with E-state index in [1.54, 1.807) is 0 Å². The zero-order chi connectivity index (χ0) is 13.3. The molecule has 0 aliphatic carbocycles. The Balaban J connectivity index is 2.40. The number of aliphatic carboxylic acids is 1. The van der Waals surface area contributed by atoms with Crippen LogP contribution in [0.3, 0.4) is 0 Å². The lowest BCUT2D eigenvalue weighted by Gasteiger charge is -2.20. The van der Waals surface area contributed by atoms with Gasteiger partial charge < -0.3 is 5.11 Å². The molecule has 5 nitrogen and oxygen atoms in total. The first-order chi connectivity index (χ1) is 8.43. The van der Waals surface area contributed by atoms with Crippen molar-refractivity contribution >= 4 is 16.0 Å². The summed E-state index contributed by atoms with van der Waals surface area (Å²) < 4.78 is 38.4. The summed E-state index contributed by atoms with van der Waals surface area (Å²) in [7, 11) is -3.94. The molecule has 1 aliphatic rings. The minimum atomic E-state index is -3.94. The fraction of sp³-hybridized carbons (Fsp3) is 0.364. The van der Waals surface area contributed by atoms with Crippen LogP contribution < -0.4 is 0 Å². The van der Waals surface area contributed by atoms with Gasteiger partial charge in [-0.25, -0.2) is 12.8 Å². The number of carboxylic acid groups (broad SMARTS) is 1. The molecule has 1 aliphatic heterocycles. The maximum Gasteiger partial charge on any atom is 0.322 e. The third kappa shape index (κ3) is 2.23. The lowest BCUT2D eigenvalue weighted by atomic mass is 10.2. The van der Waals surface area contributed by atoms with Crippen molar-refractivity contribution in [3.05, 3.63) is 30.1 Å². The molecule has 1 fully saturated rings. The van der Waals surface area contributed by atoms with Gasteiger partial charge in [-0.15, -0.1) is 0 Å². The molecule has 2 rings (SSSR count).